The predicted molar refractivity (Wildman–Crippen MR) is 194 cm³/mol. The standard InChI is InChI=1S/C40H83NO2/c1-4-7-10-12-14-16-18-20-22-24-26-28-30-33-36-42-39-40(38-41-35-32-9-6-3)43-37-34-31-29-27-25-23-21-19-17-15-13-11-8-5-2/h40-41H,4-39H2,1-3H3. The van der Waals surface area contributed by atoms with Gasteiger partial charge in [0.05, 0.1) is 12.7 Å². The van der Waals surface area contributed by atoms with E-state index in [4.69, 9.17) is 9.47 Å². The molecule has 0 aromatic rings. The molecule has 0 rings (SSSR count). The summed E-state index contributed by atoms with van der Waals surface area (Å²) in [5, 5.41) is 3.62. The van der Waals surface area contributed by atoms with Crippen LogP contribution in [0.15, 0.2) is 0 Å². The van der Waals surface area contributed by atoms with Crippen LogP contribution in [0.1, 0.15) is 220 Å². The minimum Gasteiger partial charge on any atom is -0.379 e. The fourth-order valence-corrected chi connectivity index (χ4v) is 6.09. The fraction of sp³-hybridized carbons (Fsp3) is 1.00. The molecular formula is C40H83NO2. The minimum absolute atomic E-state index is 0.204. The van der Waals surface area contributed by atoms with Gasteiger partial charge in [0.15, 0.2) is 0 Å². The molecule has 0 radical (unpaired) electrons. The normalized spacial score (nSPS) is 12.3. The Morgan fingerprint density at radius 2 is 0.698 bits per heavy atom. The van der Waals surface area contributed by atoms with E-state index in [0.29, 0.717) is 0 Å². The van der Waals surface area contributed by atoms with Crippen molar-refractivity contribution in [3.05, 3.63) is 0 Å². The molecule has 0 amide bonds. The molecule has 0 saturated heterocycles. The van der Waals surface area contributed by atoms with E-state index in [2.05, 4.69) is 26.1 Å². The number of hydrogen-bond acceptors (Lipinski definition) is 3. The lowest BCUT2D eigenvalue weighted by Crippen LogP contribution is -2.34. The lowest BCUT2D eigenvalue weighted by molar-refractivity contribution is -0.0175. The van der Waals surface area contributed by atoms with Gasteiger partial charge in [-0.1, -0.05) is 201 Å². The number of hydrogen-bond donors (Lipinski definition) is 1. The topological polar surface area (TPSA) is 30.5 Å². The predicted octanol–water partition coefficient (Wildman–Crippen LogP) is 13.1. The van der Waals surface area contributed by atoms with Gasteiger partial charge in [0.2, 0.25) is 0 Å². The van der Waals surface area contributed by atoms with Crippen LogP contribution in [0.25, 0.3) is 0 Å². The van der Waals surface area contributed by atoms with Crippen molar-refractivity contribution in [2.45, 2.75) is 226 Å². The molecule has 0 bridgehead atoms. The highest BCUT2D eigenvalue weighted by atomic mass is 16.5. The number of nitrogens with one attached hydrogen (secondary N) is 1. The zero-order chi connectivity index (χ0) is 31.2. The van der Waals surface area contributed by atoms with Gasteiger partial charge in [-0.15, -0.1) is 0 Å². The van der Waals surface area contributed by atoms with E-state index in [1.54, 1.807) is 0 Å². The van der Waals surface area contributed by atoms with E-state index in [0.717, 1.165) is 32.9 Å². The monoisotopic (exact) mass is 610 g/mol. The summed E-state index contributed by atoms with van der Waals surface area (Å²) in [5.74, 6) is 0. The Bertz CT molecular complexity index is 471. The first kappa shape index (κ1) is 42.9. The smallest absolute Gasteiger partial charge is 0.0932 e. The first-order chi connectivity index (χ1) is 21.3. The van der Waals surface area contributed by atoms with Crippen molar-refractivity contribution < 1.29 is 9.47 Å². The maximum absolute atomic E-state index is 6.29. The third-order valence-corrected chi connectivity index (χ3v) is 9.13. The van der Waals surface area contributed by atoms with Crippen molar-refractivity contribution in [1.29, 1.82) is 0 Å². The van der Waals surface area contributed by atoms with Crippen molar-refractivity contribution in [2.24, 2.45) is 0 Å². The van der Waals surface area contributed by atoms with Gasteiger partial charge in [0.1, 0.15) is 0 Å². The van der Waals surface area contributed by atoms with Crippen LogP contribution in [-0.2, 0) is 9.47 Å². The van der Waals surface area contributed by atoms with Gasteiger partial charge in [-0.3, -0.25) is 0 Å². The van der Waals surface area contributed by atoms with Crippen LogP contribution in [0.5, 0.6) is 0 Å². The minimum atomic E-state index is 0.204. The second-order valence-electron chi connectivity index (χ2n) is 13.7. The van der Waals surface area contributed by atoms with Gasteiger partial charge in [0.25, 0.3) is 0 Å². The van der Waals surface area contributed by atoms with Crippen LogP contribution in [0.2, 0.25) is 0 Å². The first-order valence-electron chi connectivity index (χ1n) is 20.2. The molecule has 0 aromatic carbocycles. The van der Waals surface area contributed by atoms with Gasteiger partial charge in [-0.2, -0.15) is 0 Å². The fourth-order valence-electron chi connectivity index (χ4n) is 6.09. The molecule has 0 spiro atoms. The zero-order valence-electron chi connectivity index (χ0n) is 30.3. The molecule has 0 aromatic heterocycles. The molecule has 3 heteroatoms. The second-order valence-corrected chi connectivity index (χ2v) is 13.7. The zero-order valence-corrected chi connectivity index (χ0v) is 30.3. The Hall–Kier alpha value is -0.120. The number of unbranched alkanes of at least 4 members (excludes halogenated alkanes) is 28. The third kappa shape index (κ3) is 38.0. The van der Waals surface area contributed by atoms with Crippen molar-refractivity contribution in [3.8, 4) is 0 Å². The van der Waals surface area contributed by atoms with Crippen LogP contribution in [0.4, 0.5) is 0 Å². The Kier molecular flexibility index (Phi) is 39.8. The molecule has 260 valence electrons. The summed E-state index contributed by atoms with van der Waals surface area (Å²) in [4.78, 5) is 0. The van der Waals surface area contributed by atoms with Crippen molar-refractivity contribution in [3.63, 3.8) is 0 Å². The van der Waals surface area contributed by atoms with E-state index in [-0.39, 0.29) is 6.10 Å². The molecule has 0 aliphatic carbocycles. The van der Waals surface area contributed by atoms with Crippen molar-refractivity contribution in [1.82, 2.24) is 5.32 Å². The van der Waals surface area contributed by atoms with Crippen LogP contribution in [-0.4, -0.2) is 39.0 Å². The molecule has 0 aliphatic rings. The quantitative estimate of drug-likeness (QED) is 0.0703. The highest BCUT2D eigenvalue weighted by Crippen LogP contribution is 2.14. The molecule has 3 nitrogen and oxygen atoms in total. The van der Waals surface area contributed by atoms with Gasteiger partial charge in [-0.25, -0.2) is 0 Å². The third-order valence-electron chi connectivity index (χ3n) is 9.13. The number of ether oxygens (including phenoxy) is 2. The molecule has 0 aliphatic heterocycles. The van der Waals surface area contributed by atoms with Gasteiger partial charge in [-0.05, 0) is 25.8 Å². The summed E-state index contributed by atoms with van der Waals surface area (Å²) in [5.41, 5.74) is 0. The molecule has 0 heterocycles. The summed E-state index contributed by atoms with van der Waals surface area (Å²) in [6, 6.07) is 0. The molecule has 1 atom stereocenters. The first-order valence-corrected chi connectivity index (χ1v) is 20.2. The van der Waals surface area contributed by atoms with Crippen LogP contribution < -0.4 is 5.32 Å². The molecule has 1 N–H and O–H groups in total. The van der Waals surface area contributed by atoms with Crippen molar-refractivity contribution in [2.75, 3.05) is 32.9 Å². The average Bonchev–Trinajstić information content (AvgIpc) is 3.02. The lowest BCUT2D eigenvalue weighted by Gasteiger charge is -2.19. The Labute approximate surface area is 273 Å². The largest absolute Gasteiger partial charge is 0.379 e. The Morgan fingerprint density at radius 3 is 1.09 bits per heavy atom. The van der Waals surface area contributed by atoms with Crippen LogP contribution >= 0.6 is 0 Å². The van der Waals surface area contributed by atoms with E-state index in [1.165, 1.54) is 199 Å². The summed E-state index contributed by atoms with van der Waals surface area (Å²) >= 11 is 0. The summed E-state index contributed by atoms with van der Waals surface area (Å²) in [7, 11) is 0. The number of rotatable bonds is 39. The molecule has 0 saturated carbocycles. The Morgan fingerprint density at radius 1 is 0.372 bits per heavy atom. The van der Waals surface area contributed by atoms with Gasteiger partial charge >= 0.3 is 0 Å². The molecule has 0 fully saturated rings. The van der Waals surface area contributed by atoms with Crippen LogP contribution in [0, 0.1) is 0 Å². The maximum Gasteiger partial charge on any atom is 0.0932 e. The summed E-state index contributed by atoms with van der Waals surface area (Å²) < 4.78 is 12.4. The van der Waals surface area contributed by atoms with Crippen LogP contribution in [0.3, 0.4) is 0 Å². The second kappa shape index (κ2) is 39.9. The van der Waals surface area contributed by atoms with E-state index >= 15 is 0 Å². The summed E-state index contributed by atoms with van der Waals surface area (Å²) in [6.07, 6.45) is 43.4. The van der Waals surface area contributed by atoms with Gasteiger partial charge < -0.3 is 14.8 Å². The van der Waals surface area contributed by atoms with E-state index < -0.39 is 0 Å². The maximum atomic E-state index is 6.29. The average molecular weight is 610 g/mol. The van der Waals surface area contributed by atoms with E-state index in [9.17, 15) is 0 Å². The Balaban J connectivity index is 3.67. The lowest BCUT2D eigenvalue weighted by atomic mass is 10.0. The van der Waals surface area contributed by atoms with E-state index in [1.807, 2.05) is 0 Å². The highest BCUT2D eigenvalue weighted by molar-refractivity contribution is 4.62. The van der Waals surface area contributed by atoms with Gasteiger partial charge in [0, 0.05) is 19.8 Å². The molecule has 43 heavy (non-hydrogen) atoms. The van der Waals surface area contributed by atoms with Crippen molar-refractivity contribution >= 4 is 0 Å². The summed E-state index contributed by atoms with van der Waals surface area (Å²) in [6.45, 7) is 11.4. The molecule has 1 unspecified atom stereocenters. The SMILES string of the molecule is CCCCCCCCCCCCCCCCOCC(CNCCCCC)OCCCCCCCCCCCCCCCC. The highest BCUT2D eigenvalue weighted by Gasteiger charge is 2.09. The molecular weight excluding hydrogens is 526 g/mol.